The molecule has 96 valence electrons. The Balaban J connectivity index is 3.78. The van der Waals surface area contributed by atoms with E-state index in [1.807, 2.05) is 0 Å². The van der Waals surface area contributed by atoms with Crippen molar-refractivity contribution in [3.8, 4) is 0 Å². The molecule has 8 nitrogen and oxygen atoms in total. The van der Waals surface area contributed by atoms with E-state index in [-0.39, 0.29) is 19.5 Å². The van der Waals surface area contributed by atoms with Gasteiger partial charge in [-0.15, -0.1) is 0 Å². The van der Waals surface area contributed by atoms with E-state index in [1.54, 1.807) is 0 Å². The Morgan fingerprint density at radius 1 is 1.31 bits per heavy atom. The lowest BCUT2D eigenvalue weighted by Gasteiger charge is -2.09. The van der Waals surface area contributed by atoms with Crippen molar-refractivity contribution >= 4 is 16.2 Å². The minimum absolute atomic E-state index is 0.0224. The van der Waals surface area contributed by atoms with Gasteiger partial charge in [0.1, 0.15) is 6.04 Å². The topological polar surface area (TPSA) is 148 Å². The quantitative estimate of drug-likeness (QED) is 0.289. The van der Waals surface area contributed by atoms with Crippen molar-refractivity contribution < 1.29 is 18.3 Å². The molecule has 7 N–H and O–H groups in total. The summed E-state index contributed by atoms with van der Waals surface area (Å²) in [6.07, 6.45) is 0.572. The number of hydrogen-bond donors (Lipinski definition) is 5. The molecule has 0 aliphatic rings. The molecule has 0 heterocycles. The molecule has 0 amide bonds. The summed E-state index contributed by atoms with van der Waals surface area (Å²) in [5.41, 5.74) is 10.4. The molecule has 0 saturated carbocycles. The second kappa shape index (κ2) is 7.52. The van der Waals surface area contributed by atoms with E-state index >= 15 is 0 Å². The van der Waals surface area contributed by atoms with Crippen molar-refractivity contribution in [1.29, 1.82) is 0 Å². The SMILES string of the molecule is NCCCNS(=O)(=O)NCCC(N)C(=O)O. The van der Waals surface area contributed by atoms with E-state index in [4.69, 9.17) is 16.6 Å². The van der Waals surface area contributed by atoms with Crippen molar-refractivity contribution in [3.05, 3.63) is 0 Å². The third-order valence-electron chi connectivity index (χ3n) is 1.74. The number of aliphatic carboxylic acids is 1. The maximum absolute atomic E-state index is 11.2. The van der Waals surface area contributed by atoms with E-state index in [1.165, 1.54) is 0 Å². The van der Waals surface area contributed by atoms with E-state index in [9.17, 15) is 13.2 Å². The third-order valence-corrected chi connectivity index (χ3v) is 2.91. The van der Waals surface area contributed by atoms with Crippen LogP contribution in [0.15, 0.2) is 0 Å². The number of carboxylic acids is 1. The normalized spacial score (nSPS) is 13.6. The summed E-state index contributed by atoms with van der Waals surface area (Å²) in [5, 5.41) is 8.45. The van der Waals surface area contributed by atoms with Gasteiger partial charge in [0.05, 0.1) is 0 Å². The molecule has 0 aromatic heterocycles. The van der Waals surface area contributed by atoms with Crippen LogP contribution in [-0.4, -0.2) is 45.2 Å². The highest BCUT2D eigenvalue weighted by atomic mass is 32.2. The van der Waals surface area contributed by atoms with Gasteiger partial charge in [0.25, 0.3) is 10.2 Å². The Labute approximate surface area is 94.6 Å². The van der Waals surface area contributed by atoms with Crippen LogP contribution >= 0.6 is 0 Å². The Bertz CT molecular complexity index is 306. The molecule has 0 spiro atoms. The first-order valence-corrected chi connectivity index (χ1v) is 6.30. The zero-order valence-electron chi connectivity index (χ0n) is 8.85. The summed E-state index contributed by atoms with van der Waals surface area (Å²) in [5.74, 6) is -1.16. The molecule has 9 heteroatoms. The Morgan fingerprint density at radius 3 is 2.38 bits per heavy atom. The van der Waals surface area contributed by atoms with Gasteiger partial charge < -0.3 is 16.6 Å². The number of nitrogens with one attached hydrogen (secondary N) is 2. The first kappa shape index (κ1) is 15.3. The van der Waals surface area contributed by atoms with E-state index in [0.29, 0.717) is 13.0 Å². The summed E-state index contributed by atoms with van der Waals surface area (Å²) in [6.45, 7) is 0.620. The molecule has 0 aromatic rings. The van der Waals surface area contributed by atoms with Crippen molar-refractivity contribution in [2.24, 2.45) is 11.5 Å². The van der Waals surface area contributed by atoms with Crippen LogP contribution in [0.5, 0.6) is 0 Å². The average molecular weight is 254 g/mol. The van der Waals surface area contributed by atoms with Crippen LogP contribution in [0.1, 0.15) is 12.8 Å². The third kappa shape index (κ3) is 7.54. The fourth-order valence-electron chi connectivity index (χ4n) is 0.832. The summed E-state index contributed by atoms with van der Waals surface area (Å²) in [4.78, 5) is 10.3. The highest BCUT2D eigenvalue weighted by molar-refractivity contribution is 7.87. The van der Waals surface area contributed by atoms with Gasteiger partial charge in [-0.05, 0) is 19.4 Å². The molecule has 1 unspecified atom stereocenters. The predicted octanol–water partition coefficient (Wildman–Crippen LogP) is -2.44. The summed E-state index contributed by atoms with van der Waals surface area (Å²) < 4.78 is 26.8. The molecule has 0 radical (unpaired) electrons. The largest absolute Gasteiger partial charge is 0.480 e. The van der Waals surface area contributed by atoms with E-state index in [0.717, 1.165) is 0 Å². The molecule has 0 bridgehead atoms. The molecule has 0 aliphatic heterocycles. The fourth-order valence-corrected chi connectivity index (χ4v) is 1.73. The molecule has 0 fully saturated rings. The Kier molecular flexibility index (Phi) is 7.17. The number of carbonyl (C=O) groups is 1. The van der Waals surface area contributed by atoms with Gasteiger partial charge in [0.2, 0.25) is 0 Å². The summed E-state index contributed by atoms with van der Waals surface area (Å²) >= 11 is 0. The van der Waals surface area contributed by atoms with Crippen LogP contribution in [-0.2, 0) is 15.0 Å². The Morgan fingerprint density at radius 2 is 1.88 bits per heavy atom. The maximum Gasteiger partial charge on any atom is 0.320 e. The maximum atomic E-state index is 11.2. The molecular weight excluding hydrogens is 236 g/mol. The summed E-state index contributed by atoms with van der Waals surface area (Å²) in [7, 11) is -3.58. The van der Waals surface area contributed by atoms with Crippen LogP contribution in [0.2, 0.25) is 0 Å². The Hall–Kier alpha value is -0.740. The van der Waals surface area contributed by atoms with Crippen LogP contribution in [0.3, 0.4) is 0 Å². The number of nitrogens with two attached hydrogens (primary N) is 2. The van der Waals surface area contributed by atoms with Gasteiger partial charge in [-0.2, -0.15) is 8.42 Å². The lowest BCUT2D eigenvalue weighted by molar-refractivity contribution is -0.138. The van der Waals surface area contributed by atoms with Crippen LogP contribution in [0.4, 0.5) is 0 Å². The molecule has 0 saturated heterocycles. The smallest absolute Gasteiger partial charge is 0.320 e. The second-order valence-corrected chi connectivity index (χ2v) is 4.75. The van der Waals surface area contributed by atoms with Crippen molar-refractivity contribution in [2.75, 3.05) is 19.6 Å². The van der Waals surface area contributed by atoms with Gasteiger partial charge >= 0.3 is 5.97 Å². The molecule has 0 rings (SSSR count). The van der Waals surface area contributed by atoms with Crippen LogP contribution < -0.4 is 20.9 Å². The zero-order chi connectivity index (χ0) is 12.6. The lowest BCUT2D eigenvalue weighted by Crippen LogP contribution is -2.40. The number of rotatable bonds is 9. The standard InChI is InChI=1S/C7H18N4O4S/c8-3-1-4-10-16(14,15)11-5-2-6(9)7(12)13/h6,10-11H,1-5,8-9H2,(H,12,13). The molecule has 1 atom stereocenters. The highest BCUT2D eigenvalue weighted by Gasteiger charge is 2.13. The van der Waals surface area contributed by atoms with Gasteiger partial charge in [-0.3, -0.25) is 4.79 Å². The molecule has 0 aliphatic carbocycles. The lowest BCUT2D eigenvalue weighted by atomic mass is 10.2. The molecular formula is C7H18N4O4S. The number of carboxylic acid groups (broad SMARTS) is 1. The monoisotopic (exact) mass is 254 g/mol. The van der Waals surface area contributed by atoms with Gasteiger partial charge in [-0.1, -0.05) is 0 Å². The second-order valence-electron chi connectivity index (χ2n) is 3.17. The van der Waals surface area contributed by atoms with E-state index in [2.05, 4.69) is 9.44 Å². The fraction of sp³-hybridized carbons (Fsp3) is 0.857. The van der Waals surface area contributed by atoms with Crippen LogP contribution in [0.25, 0.3) is 0 Å². The first-order chi connectivity index (χ1) is 7.39. The van der Waals surface area contributed by atoms with Gasteiger partial charge in [0.15, 0.2) is 0 Å². The van der Waals surface area contributed by atoms with Gasteiger partial charge in [-0.25, -0.2) is 9.44 Å². The van der Waals surface area contributed by atoms with Crippen LogP contribution in [0, 0.1) is 0 Å². The minimum Gasteiger partial charge on any atom is -0.480 e. The predicted molar refractivity (Wildman–Crippen MR) is 58.8 cm³/mol. The van der Waals surface area contributed by atoms with Crippen molar-refractivity contribution in [3.63, 3.8) is 0 Å². The summed E-state index contributed by atoms with van der Waals surface area (Å²) in [6, 6.07) is -1.06. The van der Waals surface area contributed by atoms with Crippen molar-refractivity contribution in [1.82, 2.24) is 9.44 Å². The first-order valence-electron chi connectivity index (χ1n) is 4.81. The van der Waals surface area contributed by atoms with Gasteiger partial charge in [0, 0.05) is 13.1 Å². The van der Waals surface area contributed by atoms with Crippen molar-refractivity contribution in [2.45, 2.75) is 18.9 Å². The average Bonchev–Trinajstić information content (AvgIpc) is 2.17. The highest BCUT2D eigenvalue weighted by Crippen LogP contribution is 1.87. The number of hydrogen-bond acceptors (Lipinski definition) is 5. The van der Waals surface area contributed by atoms with E-state index < -0.39 is 22.2 Å². The minimum atomic E-state index is -3.58. The zero-order valence-corrected chi connectivity index (χ0v) is 9.66. The molecule has 16 heavy (non-hydrogen) atoms. The molecule has 0 aromatic carbocycles.